The zero-order chi connectivity index (χ0) is 22.6. The molecule has 1 aliphatic carbocycles. The van der Waals surface area contributed by atoms with Gasteiger partial charge >= 0.3 is 0 Å². The Kier molecular flexibility index (Phi) is 4.32. The molecule has 4 aromatic rings. The van der Waals surface area contributed by atoms with Crippen molar-refractivity contribution in [2.45, 2.75) is 13.3 Å². The average molecular weight is 436 g/mol. The van der Waals surface area contributed by atoms with Crippen LogP contribution in [0.1, 0.15) is 13.3 Å². The van der Waals surface area contributed by atoms with Crippen molar-refractivity contribution in [3.05, 3.63) is 126 Å². The minimum Gasteiger partial charge on any atom is -0.312 e. The summed E-state index contributed by atoms with van der Waals surface area (Å²) in [5.41, 5.74) is 11.9. The maximum atomic E-state index is 2.48. The summed E-state index contributed by atoms with van der Waals surface area (Å²) in [5, 5.41) is 0. The molecular weight excluding hydrogens is 411 g/mol. The predicted molar refractivity (Wildman–Crippen MR) is 145 cm³/mol. The Morgan fingerprint density at radius 1 is 0.647 bits per heavy atom. The van der Waals surface area contributed by atoms with Crippen molar-refractivity contribution in [1.82, 2.24) is 0 Å². The highest BCUT2D eigenvalue weighted by molar-refractivity contribution is 6.95. The summed E-state index contributed by atoms with van der Waals surface area (Å²) < 4.78 is 0. The van der Waals surface area contributed by atoms with Crippen molar-refractivity contribution in [2.24, 2.45) is 5.92 Å². The second-order valence-electron chi connectivity index (χ2n) is 9.49. The Bertz CT molecular complexity index is 1460. The van der Waals surface area contributed by atoms with E-state index in [-0.39, 0.29) is 6.71 Å². The molecule has 34 heavy (non-hydrogen) atoms. The fraction of sp³-hybridized carbons (Fsp3) is 0.0968. The molecule has 0 aromatic heterocycles. The number of nitrogens with zero attached hydrogens (tertiary/aromatic N) is 2. The number of para-hydroxylation sites is 3. The summed E-state index contributed by atoms with van der Waals surface area (Å²) in [4.78, 5) is 4.92. The van der Waals surface area contributed by atoms with Crippen LogP contribution in [0, 0.1) is 5.92 Å². The molecule has 2 nitrogen and oxygen atoms in total. The lowest BCUT2D eigenvalue weighted by atomic mass is 9.32. The highest BCUT2D eigenvalue weighted by atomic mass is 15.2. The first kappa shape index (κ1) is 19.5. The van der Waals surface area contributed by atoms with E-state index in [1.165, 1.54) is 50.5 Å². The molecule has 3 aliphatic rings. The third-order valence-electron chi connectivity index (χ3n) is 7.39. The van der Waals surface area contributed by atoms with E-state index < -0.39 is 0 Å². The Labute approximate surface area is 201 Å². The number of hydrogen-bond acceptors (Lipinski definition) is 2. The molecule has 1 unspecified atom stereocenters. The monoisotopic (exact) mass is 436 g/mol. The molecule has 0 fully saturated rings. The largest absolute Gasteiger partial charge is 0.312 e. The van der Waals surface area contributed by atoms with Crippen LogP contribution in [0.15, 0.2) is 126 Å². The van der Waals surface area contributed by atoms with Gasteiger partial charge in [-0.05, 0) is 71.8 Å². The van der Waals surface area contributed by atoms with E-state index in [1.807, 2.05) is 0 Å². The molecule has 162 valence electrons. The quantitative estimate of drug-likeness (QED) is 0.326. The Balaban J connectivity index is 1.57. The van der Waals surface area contributed by atoms with Crippen LogP contribution in [0.25, 0.3) is 0 Å². The molecule has 7 rings (SSSR count). The predicted octanol–water partition coefficient (Wildman–Crippen LogP) is 6.62. The van der Waals surface area contributed by atoms with Gasteiger partial charge in [-0.2, -0.15) is 0 Å². The summed E-state index contributed by atoms with van der Waals surface area (Å²) in [6, 6.07) is 37.4. The van der Waals surface area contributed by atoms with Crippen LogP contribution in [0.4, 0.5) is 28.4 Å². The molecule has 0 saturated heterocycles. The highest BCUT2D eigenvalue weighted by Crippen LogP contribution is 2.46. The standard InChI is InChI=1S/C31H25BN2/c1-22-19-20-28-26(21-22)32-25-15-8-9-16-27(25)33(23-11-4-2-5-12-23)29-17-10-18-30(31(29)32)34(28)24-13-6-3-7-14-24/h2-20,22H,21H2,1H3. The van der Waals surface area contributed by atoms with Gasteiger partial charge in [-0.3, -0.25) is 0 Å². The van der Waals surface area contributed by atoms with Crippen molar-refractivity contribution in [3.8, 4) is 0 Å². The average Bonchev–Trinajstić information content (AvgIpc) is 2.89. The van der Waals surface area contributed by atoms with Gasteiger partial charge in [0.05, 0.1) is 0 Å². The van der Waals surface area contributed by atoms with Gasteiger partial charge in [0.1, 0.15) is 0 Å². The summed E-state index contributed by atoms with van der Waals surface area (Å²) in [7, 11) is 0. The molecule has 2 heterocycles. The molecule has 3 heteroatoms. The van der Waals surface area contributed by atoms with Crippen LogP contribution in [0.5, 0.6) is 0 Å². The molecule has 0 saturated carbocycles. The topological polar surface area (TPSA) is 6.48 Å². The van der Waals surface area contributed by atoms with Crippen LogP contribution < -0.4 is 20.7 Å². The van der Waals surface area contributed by atoms with Crippen molar-refractivity contribution in [3.63, 3.8) is 0 Å². The second kappa shape index (κ2) is 7.53. The van der Waals surface area contributed by atoms with E-state index in [4.69, 9.17) is 0 Å². The minimum absolute atomic E-state index is 0.268. The maximum absolute atomic E-state index is 2.48. The summed E-state index contributed by atoms with van der Waals surface area (Å²) >= 11 is 0. The first-order valence-electron chi connectivity index (χ1n) is 12.1. The second-order valence-corrected chi connectivity index (χ2v) is 9.49. The number of fused-ring (bicyclic) bond motifs is 3. The van der Waals surface area contributed by atoms with Crippen LogP contribution in [0.3, 0.4) is 0 Å². The number of anilines is 5. The van der Waals surface area contributed by atoms with Crippen LogP contribution in [-0.2, 0) is 0 Å². The van der Waals surface area contributed by atoms with Crippen molar-refractivity contribution in [2.75, 3.05) is 9.80 Å². The normalized spacial score (nSPS) is 17.9. The van der Waals surface area contributed by atoms with Gasteiger partial charge in [-0.25, -0.2) is 0 Å². The van der Waals surface area contributed by atoms with E-state index in [0.717, 1.165) is 6.42 Å². The van der Waals surface area contributed by atoms with Gasteiger partial charge in [0.25, 0.3) is 0 Å². The van der Waals surface area contributed by atoms with Crippen molar-refractivity contribution >= 4 is 46.1 Å². The molecular formula is C31H25BN2. The molecule has 0 amide bonds. The molecule has 4 aromatic carbocycles. The number of rotatable bonds is 2. The fourth-order valence-electron chi connectivity index (χ4n) is 6.02. The van der Waals surface area contributed by atoms with E-state index in [0.29, 0.717) is 5.92 Å². The van der Waals surface area contributed by atoms with E-state index >= 15 is 0 Å². The summed E-state index contributed by atoms with van der Waals surface area (Å²) in [6.07, 6.45) is 5.81. The zero-order valence-electron chi connectivity index (χ0n) is 19.2. The lowest BCUT2D eigenvalue weighted by Gasteiger charge is -2.45. The molecule has 0 bridgehead atoms. The van der Waals surface area contributed by atoms with E-state index in [2.05, 4.69) is 132 Å². The van der Waals surface area contributed by atoms with Gasteiger partial charge in [0, 0.05) is 34.1 Å². The van der Waals surface area contributed by atoms with E-state index in [9.17, 15) is 0 Å². The lowest BCUT2D eigenvalue weighted by Crippen LogP contribution is -2.56. The molecule has 0 spiro atoms. The Hall–Kier alpha value is -3.98. The summed E-state index contributed by atoms with van der Waals surface area (Å²) in [6.45, 7) is 2.60. The van der Waals surface area contributed by atoms with Crippen LogP contribution in [-0.4, -0.2) is 6.71 Å². The van der Waals surface area contributed by atoms with Gasteiger partial charge < -0.3 is 9.80 Å². The SMILES string of the molecule is CC1C=CC2=C(C1)B1c3ccccc3N(c3ccccc3)c3cccc(c31)N2c1ccccc1. The maximum Gasteiger partial charge on any atom is 0.247 e. The Morgan fingerprint density at radius 3 is 1.97 bits per heavy atom. The third-order valence-corrected chi connectivity index (χ3v) is 7.39. The fourth-order valence-corrected chi connectivity index (χ4v) is 6.02. The summed E-state index contributed by atoms with van der Waals surface area (Å²) in [5.74, 6) is 0.532. The third kappa shape index (κ3) is 2.77. The van der Waals surface area contributed by atoms with Gasteiger partial charge in [0.15, 0.2) is 0 Å². The first-order valence-corrected chi connectivity index (χ1v) is 12.1. The minimum atomic E-state index is 0.268. The number of hydrogen-bond donors (Lipinski definition) is 0. The van der Waals surface area contributed by atoms with Gasteiger partial charge in [-0.1, -0.05) is 79.1 Å². The van der Waals surface area contributed by atoms with E-state index in [1.54, 1.807) is 0 Å². The number of benzene rings is 4. The van der Waals surface area contributed by atoms with Gasteiger partial charge in [-0.15, -0.1) is 0 Å². The Morgan fingerprint density at radius 2 is 1.24 bits per heavy atom. The van der Waals surface area contributed by atoms with Gasteiger partial charge in [0.2, 0.25) is 6.71 Å². The molecule has 2 aliphatic heterocycles. The van der Waals surface area contributed by atoms with Crippen molar-refractivity contribution < 1.29 is 0 Å². The lowest BCUT2D eigenvalue weighted by molar-refractivity contribution is 0.716. The highest BCUT2D eigenvalue weighted by Gasteiger charge is 2.44. The van der Waals surface area contributed by atoms with Crippen molar-refractivity contribution in [1.29, 1.82) is 0 Å². The van der Waals surface area contributed by atoms with Crippen LogP contribution in [0.2, 0.25) is 0 Å². The molecule has 0 N–H and O–H groups in total. The number of allylic oxidation sites excluding steroid dienone is 3. The van der Waals surface area contributed by atoms with Crippen LogP contribution >= 0.6 is 0 Å². The molecule has 0 radical (unpaired) electrons. The first-order chi connectivity index (χ1) is 16.8. The smallest absolute Gasteiger partial charge is 0.247 e. The molecule has 1 atom stereocenters. The zero-order valence-corrected chi connectivity index (χ0v) is 19.2.